The van der Waals surface area contributed by atoms with E-state index in [0.717, 1.165) is 5.01 Å². The Morgan fingerprint density at radius 1 is 1.67 bits per heavy atom. The van der Waals surface area contributed by atoms with E-state index in [0.29, 0.717) is 24.6 Å². The van der Waals surface area contributed by atoms with Crippen LogP contribution in [-0.4, -0.2) is 41.4 Å². The average Bonchev–Trinajstić information content (AvgIpc) is 2.81. The summed E-state index contributed by atoms with van der Waals surface area (Å²) in [7, 11) is 0. The van der Waals surface area contributed by atoms with Crippen LogP contribution >= 0.6 is 11.3 Å². The second-order valence-electron chi connectivity index (χ2n) is 4.74. The molecule has 1 saturated heterocycles. The Labute approximate surface area is 110 Å². The normalized spacial score (nSPS) is 24.2. The van der Waals surface area contributed by atoms with Gasteiger partial charge < -0.3 is 15.2 Å². The number of nitrogens with one attached hydrogen (secondary N) is 1. The highest BCUT2D eigenvalue weighted by Gasteiger charge is 2.26. The number of aliphatic hydroxyl groups excluding tert-OH is 1. The molecule has 1 amide bonds. The quantitative estimate of drug-likeness (QED) is 0.864. The van der Waals surface area contributed by atoms with Gasteiger partial charge in [0.25, 0.3) is 5.91 Å². The molecule has 2 rings (SSSR count). The van der Waals surface area contributed by atoms with Crippen LogP contribution in [-0.2, 0) is 4.74 Å². The predicted octanol–water partition coefficient (Wildman–Crippen LogP) is 1.15. The summed E-state index contributed by atoms with van der Waals surface area (Å²) in [5.74, 6) is 0.106. The second-order valence-corrected chi connectivity index (χ2v) is 5.63. The van der Waals surface area contributed by atoms with Crippen molar-refractivity contribution in [1.82, 2.24) is 10.3 Å². The molecule has 5 nitrogen and oxygen atoms in total. The van der Waals surface area contributed by atoms with Crippen LogP contribution < -0.4 is 5.32 Å². The highest BCUT2D eigenvalue weighted by molar-refractivity contribution is 7.09. The van der Waals surface area contributed by atoms with Gasteiger partial charge in [-0.25, -0.2) is 4.98 Å². The van der Waals surface area contributed by atoms with Crippen LogP contribution in [0.2, 0.25) is 0 Å². The largest absolute Gasteiger partial charge is 0.389 e. The average molecular weight is 270 g/mol. The number of carbonyl (C=O) groups is 1. The van der Waals surface area contributed by atoms with E-state index in [2.05, 4.69) is 10.3 Å². The number of nitrogens with zero attached hydrogens (tertiary/aromatic N) is 1. The lowest BCUT2D eigenvalue weighted by molar-refractivity contribution is -0.0261. The molecule has 0 bridgehead atoms. The summed E-state index contributed by atoms with van der Waals surface area (Å²) in [5, 5.41) is 15.2. The van der Waals surface area contributed by atoms with E-state index in [-0.39, 0.29) is 18.6 Å². The molecule has 2 heterocycles. The van der Waals surface area contributed by atoms with E-state index in [1.54, 1.807) is 5.38 Å². The van der Waals surface area contributed by atoms with Gasteiger partial charge in [0.15, 0.2) is 0 Å². The van der Waals surface area contributed by atoms with Crippen molar-refractivity contribution in [3.63, 3.8) is 0 Å². The number of rotatable bonds is 3. The van der Waals surface area contributed by atoms with Crippen molar-refractivity contribution >= 4 is 17.2 Å². The summed E-state index contributed by atoms with van der Waals surface area (Å²) >= 11 is 1.49. The Kier molecular flexibility index (Phi) is 4.31. The van der Waals surface area contributed by atoms with E-state index < -0.39 is 6.10 Å². The molecule has 0 radical (unpaired) electrons. The third-order valence-corrected chi connectivity index (χ3v) is 4.04. The molecular formula is C12H18N2O3S. The molecule has 2 N–H and O–H groups in total. The van der Waals surface area contributed by atoms with E-state index in [9.17, 15) is 9.90 Å². The smallest absolute Gasteiger partial charge is 0.271 e. The summed E-state index contributed by atoms with van der Waals surface area (Å²) in [6.45, 7) is 4.93. The molecule has 6 heteroatoms. The van der Waals surface area contributed by atoms with Gasteiger partial charge in [-0.05, 0) is 6.42 Å². The van der Waals surface area contributed by atoms with Crippen LogP contribution in [0.4, 0.5) is 0 Å². The number of ether oxygens (including phenoxy) is 1. The molecule has 0 aromatic carbocycles. The van der Waals surface area contributed by atoms with Crippen molar-refractivity contribution in [2.75, 3.05) is 13.2 Å². The molecule has 100 valence electrons. The molecule has 1 aromatic heterocycles. The molecule has 2 atom stereocenters. The molecule has 0 spiro atoms. The predicted molar refractivity (Wildman–Crippen MR) is 68.9 cm³/mol. The third kappa shape index (κ3) is 3.07. The molecule has 0 saturated carbocycles. The maximum Gasteiger partial charge on any atom is 0.271 e. The fraction of sp³-hybridized carbons (Fsp3) is 0.667. The lowest BCUT2D eigenvalue weighted by Crippen LogP contribution is -2.48. The van der Waals surface area contributed by atoms with Crippen molar-refractivity contribution < 1.29 is 14.6 Å². The van der Waals surface area contributed by atoms with Crippen LogP contribution in [0.25, 0.3) is 0 Å². The van der Waals surface area contributed by atoms with Gasteiger partial charge in [0.1, 0.15) is 5.69 Å². The van der Waals surface area contributed by atoms with Crippen LogP contribution in [0.5, 0.6) is 0 Å². The number of hydrogen-bond donors (Lipinski definition) is 2. The maximum atomic E-state index is 12.0. The zero-order valence-electron chi connectivity index (χ0n) is 10.5. The van der Waals surface area contributed by atoms with Crippen LogP contribution in [0.15, 0.2) is 5.38 Å². The van der Waals surface area contributed by atoms with Crippen LogP contribution in [0.1, 0.15) is 41.7 Å². The van der Waals surface area contributed by atoms with Gasteiger partial charge in [0, 0.05) is 17.9 Å². The molecule has 18 heavy (non-hydrogen) atoms. The van der Waals surface area contributed by atoms with Gasteiger partial charge in [-0.1, -0.05) is 13.8 Å². The van der Waals surface area contributed by atoms with Crippen LogP contribution in [0, 0.1) is 0 Å². The van der Waals surface area contributed by atoms with Crippen LogP contribution in [0.3, 0.4) is 0 Å². The topological polar surface area (TPSA) is 71.5 Å². The minimum absolute atomic E-state index is 0.218. The Hall–Kier alpha value is -0.980. The Morgan fingerprint density at radius 3 is 3.06 bits per heavy atom. The van der Waals surface area contributed by atoms with Crippen molar-refractivity contribution in [2.24, 2.45) is 0 Å². The van der Waals surface area contributed by atoms with E-state index in [1.165, 1.54) is 11.3 Å². The summed E-state index contributed by atoms with van der Waals surface area (Å²) in [5.41, 5.74) is 0.433. The number of hydrogen-bond acceptors (Lipinski definition) is 5. The summed E-state index contributed by atoms with van der Waals surface area (Å²) < 4.78 is 5.12. The standard InChI is InChI=1S/C12H18N2O3S/c1-7(2)12-14-9(6-18-12)11(16)13-8-3-4-17-5-10(8)15/h6-8,10,15H,3-5H2,1-2H3,(H,13,16)/t8-,10-/m1/s1. The summed E-state index contributed by atoms with van der Waals surface area (Å²) in [6, 6.07) is -0.240. The first-order chi connectivity index (χ1) is 8.58. The van der Waals surface area contributed by atoms with Gasteiger partial charge in [-0.15, -0.1) is 11.3 Å². The number of carbonyl (C=O) groups excluding carboxylic acids is 1. The lowest BCUT2D eigenvalue weighted by Gasteiger charge is -2.28. The number of thiazole rings is 1. The Morgan fingerprint density at radius 2 is 2.44 bits per heavy atom. The second kappa shape index (κ2) is 5.77. The monoisotopic (exact) mass is 270 g/mol. The van der Waals surface area contributed by atoms with Crippen molar-refractivity contribution in [3.05, 3.63) is 16.1 Å². The molecular weight excluding hydrogens is 252 g/mol. The van der Waals surface area contributed by atoms with E-state index >= 15 is 0 Å². The fourth-order valence-electron chi connectivity index (χ4n) is 1.79. The third-order valence-electron chi connectivity index (χ3n) is 2.89. The van der Waals surface area contributed by atoms with Crippen molar-refractivity contribution in [1.29, 1.82) is 0 Å². The van der Waals surface area contributed by atoms with Gasteiger partial charge in [0.05, 0.1) is 23.8 Å². The first-order valence-electron chi connectivity index (χ1n) is 6.10. The Bertz CT molecular complexity index is 419. The van der Waals surface area contributed by atoms with Crippen molar-refractivity contribution in [3.8, 4) is 0 Å². The number of amides is 1. The van der Waals surface area contributed by atoms with Gasteiger partial charge >= 0.3 is 0 Å². The Balaban J connectivity index is 1.98. The zero-order chi connectivity index (χ0) is 13.1. The highest BCUT2D eigenvalue weighted by atomic mass is 32.1. The van der Waals surface area contributed by atoms with Gasteiger partial charge in [-0.2, -0.15) is 0 Å². The van der Waals surface area contributed by atoms with Gasteiger partial charge in [0.2, 0.25) is 0 Å². The first-order valence-corrected chi connectivity index (χ1v) is 6.98. The SMILES string of the molecule is CC(C)c1nc(C(=O)N[C@@H]2CCOC[C@H]2O)cs1. The minimum Gasteiger partial charge on any atom is -0.389 e. The molecule has 1 fully saturated rings. The first kappa shape index (κ1) is 13.5. The fourth-order valence-corrected chi connectivity index (χ4v) is 2.61. The minimum atomic E-state index is -0.633. The van der Waals surface area contributed by atoms with Crippen molar-refractivity contribution in [2.45, 2.75) is 38.3 Å². The molecule has 1 aromatic rings. The van der Waals surface area contributed by atoms with Gasteiger partial charge in [-0.3, -0.25) is 4.79 Å². The molecule has 1 aliphatic rings. The number of aliphatic hydroxyl groups is 1. The molecule has 0 unspecified atom stereocenters. The molecule has 1 aliphatic heterocycles. The number of aromatic nitrogens is 1. The van der Waals surface area contributed by atoms with E-state index in [4.69, 9.17) is 4.74 Å². The lowest BCUT2D eigenvalue weighted by atomic mass is 10.1. The zero-order valence-corrected chi connectivity index (χ0v) is 11.4. The summed E-state index contributed by atoms with van der Waals surface area (Å²) in [6.07, 6.45) is -0.000404. The maximum absolute atomic E-state index is 12.0. The summed E-state index contributed by atoms with van der Waals surface area (Å²) in [4.78, 5) is 16.3. The highest BCUT2D eigenvalue weighted by Crippen LogP contribution is 2.19. The molecule has 0 aliphatic carbocycles. The van der Waals surface area contributed by atoms with E-state index in [1.807, 2.05) is 13.8 Å².